The lowest BCUT2D eigenvalue weighted by Gasteiger charge is -2.11. The molecule has 152 valence electrons. The third kappa shape index (κ3) is 4.60. The number of fused-ring (bicyclic) bond motifs is 1. The maximum absolute atomic E-state index is 12.3. The van der Waals surface area contributed by atoms with E-state index in [1.165, 1.54) is 13.4 Å². The van der Waals surface area contributed by atoms with Crippen molar-refractivity contribution < 1.29 is 28.2 Å². The Balaban J connectivity index is 1.61. The number of hydrogen-bond acceptors (Lipinski definition) is 6. The molecule has 2 N–H and O–H groups in total. The highest BCUT2D eigenvalue weighted by atomic mass is 16.5. The summed E-state index contributed by atoms with van der Waals surface area (Å²) in [5.74, 6) is 0.794. The van der Waals surface area contributed by atoms with Gasteiger partial charge in [-0.25, -0.2) is 0 Å². The van der Waals surface area contributed by atoms with Crippen molar-refractivity contribution in [2.45, 2.75) is 13.3 Å². The van der Waals surface area contributed by atoms with Gasteiger partial charge in [-0.1, -0.05) is 0 Å². The summed E-state index contributed by atoms with van der Waals surface area (Å²) in [6.45, 7) is 2.34. The second-order valence-electron chi connectivity index (χ2n) is 6.10. The van der Waals surface area contributed by atoms with Crippen LogP contribution in [0.25, 0.3) is 11.0 Å². The molecule has 1 heterocycles. The molecule has 0 saturated heterocycles. The fourth-order valence-electron chi connectivity index (χ4n) is 2.83. The van der Waals surface area contributed by atoms with E-state index in [0.29, 0.717) is 40.6 Å². The molecule has 8 nitrogen and oxygen atoms in total. The lowest BCUT2D eigenvalue weighted by molar-refractivity contribution is -0.121. The first-order chi connectivity index (χ1) is 14.0. The summed E-state index contributed by atoms with van der Waals surface area (Å²) in [5.41, 5.74) is 6.46. The average molecular weight is 398 g/mol. The first-order valence-electron chi connectivity index (χ1n) is 8.99. The van der Waals surface area contributed by atoms with Gasteiger partial charge in [0.1, 0.15) is 11.3 Å². The van der Waals surface area contributed by atoms with Gasteiger partial charge in [-0.05, 0) is 37.3 Å². The number of nitrogens with one attached hydrogen (secondary N) is 2. The number of benzene rings is 2. The van der Waals surface area contributed by atoms with Crippen molar-refractivity contribution in [1.82, 2.24) is 10.9 Å². The SMILES string of the molecule is CCOc1ccc(C(=O)NNC(=O)Cc2coc3cc(OC)ccc23)cc1OC. The highest BCUT2D eigenvalue weighted by Crippen LogP contribution is 2.28. The molecule has 0 saturated carbocycles. The Labute approximate surface area is 167 Å². The molecule has 29 heavy (non-hydrogen) atoms. The molecule has 8 heteroatoms. The predicted octanol–water partition coefficient (Wildman–Crippen LogP) is 2.85. The van der Waals surface area contributed by atoms with Gasteiger partial charge in [0, 0.05) is 22.6 Å². The Morgan fingerprint density at radius 3 is 2.55 bits per heavy atom. The topological polar surface area (TPSA) is 99.0 Å². The Morgan fingerprint density at radius 2 is 1.83 bits per heavy atom. The summed E-state index contributed by atoms with van der Waals surface area (Å²) in [6.07, 6.45) is 1.56. The molecule has 2 amide bonds. The third-order valence-electron chi connectivity index (χ3n) is 4.25. The molecule has 2 aromatic carbocycles. The van der Waals surface area contributed by atoms with Crippen LogP contribution in [0.2, 0.25) is 0 Å². The summed E-state index contributed by atoms with van der Waals surface area (Å²) in [5, 5.41) is 0.809. The van der Waals surface area contributed by atoms with Crippen molar-refractivity contribution in [2.24, 2.45) is 0 Å². The zero-order valence-electron chi connectivity index (χ0n) is 16.4. The summed E-state index contributed by atoms with van der Waals surface area (Å²) >= 11 is 0. The second kappa shape index (κ2) is 9.01. The number of ether oxygens (including phenoxy) is 3. The zero-order valence-corrected chi connectivity index (χ0v) is 16.4. The highest BCUT2D eigenvalue weighted by Gasteiger charge is 2.14. The van der Waals surface area contributed by atoms with Gasteiger partial charge in [0.25, 0.3) is 5.91 Å². The van der Waals surface area contributed by atoms with E-state index in [9.17, 15) is 9.59 Å². The number of furan rings is 1. The van der Waals surface area contributed by atoms with Gasteiger partial charge in [0.05, 0.1) is 33.5 Å². The Hall–Kier alpha value is -3.68. The number of carbonyl (C=O) groups is 2. The van der Waals surface area contributed by atoms with Crippen LogP contribution in [0.1, 0.15) is 22.8 Å². The van der Waals surface area contributed by atoms with Crippen molar-refractivity contribution in [3.8, 4) is 17.2 Å². The largest absolute Gasteiger partial charge is 0.497 e. The molecule has 0 aliphatic heterocycles. The maximum atomic E-state index is 12.3. The number of hydrazine groups is 1. The van der Waals surface area contributed by atoms with Crippen LogP contribution >= 0.6 is 0 Å². The second-order valence-corrected chi connectivity index (χ2v) is 6.10. The molecule has 0 aliphatic carbocycles. The molecule has 3 rings (SSSR count). The normalized spacial score (nSPS) is 10.4. The summed E-state index contributed by atoms with van der Waals surface area (Å²) in [4.78, 5) is 24.6. The van der Waals surface area contributed by atoms with Gasteiger partial charge in [-0.2, -0.15) is 0 Å². The minimum Gasteiger partial charge on any atom is -0.497 e. The fourth-order valence-corrected chi connectivity index (χ4v) is 2.83. The lowest BCUT2D eigenvalue weighted by atomic mass is 10.1. The number of hydrogen-bond donors (Lipinski definition) is 2. The van der Waals surface area contributed by atoms with Gasteiger partial charge in [0.2, 0.25) is 5.91 Å². The van der Waals surface area contributed by atoms with E-state index < -0.39 is 5.91 Å². The van der Waals surface area contributed by atoms with Crippen LogP contribution in [0.4, 0.5) is 0 Å². The first-order valence-corrected chi connectivity index (χ1v) is 8.99. The quantitative estimate of drug-likeness (QED) is 0.594. The number of rotatable bonds is 7. The van der Waals surface area contributed by atoms with Crippen LogP contribution in [0.15, 0.2) is 47.1 Å². The van der Waals surface area contributed by atoms with E-state index in [2.05, 4.69) is 10.9 Å². The molecule has 0 unspecified atom stereocenters. The van der Waals surface area contributed by atoms with Crippen LogP contribution in [0, 0.1) is 0 Å². The molecule has 0 spiro atoms. The molecule has 0 fully saturated rings. The van der Waals surface area contributed by atoms with E-state index in [1.54, 1.807) is 37.4 Å². The number of carbonyl (C=O) groups excluding carboxylic acids is 2. The molecule has 0 aliphatic rings. The van der Waals surface area contributed by atoms with E-state index >= 15 is 0 Å². The molecular formula is C21H22N2O6. The monoisotopic (exact) mass is 398 g/mol. The average Bonchev–Trinajstić information content (AvgIpc) is 3.14. The van der Waals surface area contributed by atoms with Gasteiger partial charge in [0.15, 0.2) is 11.5 Å². The van der Waals surface area contributed by atoms with Crippen LogP contribution in [0.5, 0.6) is 17.2 Å². The van der Waals surface area contributed by atoms with Crippen molar-refractivity contribution in [2.75, 3.05) is 20.8 Å². The van der Waals surface area contributed by atoms with Crippen molar-refractivity contribution in [3.05, 3.63) is 53.8 Å². The smallest absolute Gasteiger partial charge is 0.269 e. The summed E-state index contributed by atoms with van der Waals surface area (Å²) in [7, 11) is 3.06. The van der Waals surface area contributed by atoms with Crippen LogP contribution in [-0.2, 0) is 11.2 Å². The Kier molecular flexibility index (Phi) is 6.23. The van der Waals surface area contributed by atoms with Crippen molar-refractivity contribution in [1.29, 1.82) is 0 Å². The summed E-state index contributed by atoms with van der Waals surface area (Å²) < 4.78 is 21.3. The Bertz CT molecular complexity index is 1030. The van der Waals surface area contributed by atoms with E-state index in [4.69, 9.17) is 18.6 Å². The summed E-state index contributed by atoms with van der Waals surface area (Å²) in [6, 6.07) is 10.1. The van der Waals surface area contributed by atoms with Gasteiger partial charge < -0.3 is 18.6 Å². The lowest BCUT2D eigenvalue weighted by Crippen LogP contribution is -2.42. The maximum Gasteiger partial charge on any atom is 0.269 e. The van der Waals surface area contributed by atoms with E-state index in [-0.39, 0.29) is 12.3 Å². The number of methoxy groups -OCH3 is 2. The van der Waals surface area contributed by atoms with Crippen LogP contribution in [0.3, 0.4) is 0 Å². The minimum atomic E-state index is -0.471. The molecule has 0 bridgehead atoms. The molecule has 3 aromatic rings. The van der Waals surface area contributed by atoms with Crippen LogP contribution < -0.4 is 25.1 Å². The standard InChI is InChI=1S/C21H22N2O6/c1-4-28-17-8-5-13(9-19(17)27-3)21(25)23-22-20(24)10-14-12-29-18-11-15(26-2)6-7-16(14)18/h5-9,11-12H,4,10H2,1-3H3,(H,22,24)(H,23,25). The van der Waals surface area contributed by atoms with Crippen LogP contribution in [-0.4, -0.2) is 32.6 Å². The number of amides is 2. The highest BCUT2D eigenvalue weighted by molar-refractivity contribution is 5.96. The van der Waals surface area contributed by atoms with Crippen molar-refractivity contribution >= 4 is 22.8 Å². The van der Waals surface area contributed by atoms with Crippen molar-refractivity contribution in [3.63, 3.8) is 0 Å². The van der Waals surface area contributed by atoms with Gasteiger partial charge in [-0.15, -0.1) is 0 Å². The molecule has 1 aromatic heterocycles. The van der Waals surface area contributed by atoms with Gasteiger partial charge >= 0.3 is 0 Å². The predicted molar refractivity (Wildman–Crippen MR) is 106 cm³/mol. The molecule has 0 atom stereocenters. The first kappa shape index (κ1) is 20.1. The van der Waals surface area contributed by atoms with Gasteiger partial charge in [-0.3, -0.25) is 20.4 Å². The molecule has 0 radical (unpaired) electrons. The zero-order chi connectivity index (χ0) is 20.8. The van der Waals surface area contributed by atoms with E-state index in [0.717, 1.165) is 5.39 Å². The third-order valence-corrected chi connectivity index (χ3v) is 4.25. The minimum absolute atomic E-state index is 0.0478. The fraction of sp³-hybridized carbons (Fsp3) is 0.238. The molecular weight excluding hydrogens is 376 g/mol. The van der Waals surface area contributed by atoms with E-state index in [1.807, 2.05) is 13.0 Å². The Morgan fingerprint density at radius 1 is 1.00 bits per heavy atom.